The normalized spacial score (nSPS) is 14.9. The molecule has 1 saturated heterocycles. The Kier molecular flexibility index (Phi) is 9.92. The SMILES string of the molecule is Cc1ccc(O)c(Pc2ccc(F)cc2CN2CCCCC2)c1.[Cl][Ti][Cl]. The molecule has 2 aromatic rings. The zero-order chi connectivity index (χ0) is 18.9. The number of halogens is 3. The molecule has 2 nitrogen and oxygen atoms in total. The fourth-order valence-corrected chi connectivity index (χ4v) is 4.35. The molecule has 0 spiro atoms. The molecule has 1 fully saturated rings. The quantitative estimate of drug-likeness (QED) is 0.533. The number of rotatable bonds is 4. The van der Waals surface area contributed by atoms with Gasteiger partial charge in [0.1, 0.15) is 11.6 Å². The zero-order valence-electron chi connectivity index (χ0n) is 14.7. The van der Waals surface area contributed by atoms with Crippen molar-refractivity contribution in [3.8, 4) is 5.75 Å². The number of aromatic hydroxyl groups is 1. The summed E-state index contributed by atoms with van der Waals surface area (Å²) >= 11 is -0.556. The van der Waals surface area contributed by atoms with Crippen LogP contribution in [0.2, 0.25) is 0 Å². The molecule has 7 heteroatoms. The van der Waals surface area contributed by atoms with E-state index in [0.29, 0.717) is 14.3 Å². The van der Waals surface area contributed by atoms with E-state index in [1.165, 1.54) is 25.3 Å². The van der Waals surface area contributed by atoms with Gasteiger partial charge in [-0.15, -0.1) is 0 Å². The first-order valence-electron chi connectivity index (χ1n) is 8.57. The molecule has 0 aromatic heterocycles. The van der Waals surface area contributed by atoms with Crippen LogP contribution in [0.25, 0.3) is 0 Å². The maximum absolute atomic E-state index is 13.7. The van der Waals surface area contributed by atoms with E-state index in [1.807, 2.05) is 25.1 Å². The average molecular weight is 450 g/mol. The maximum atomic E-state index is 13.7. The molecule has 0 saturated carbocycles. The van der Waals surface area contributed by atoms with Crippen molar-refractivity contribution >= 4 is 37.8 Å². The van der Waals surface area contributed by atoms with Crippen LogP contribution < -0.4 is 10.6 Å². The van der Waals surface area contributed by atoms with Gasteiger partial charge in [0.2, 0.25) is 0 Å². The van der Waals surface area contributed by atoms with Crippen molar-refractivity contribution in [3.05, 3.63) is 53.3 Å². The molecule has 140 valence electrons. The van der Waals surface area contributed by atoms with Gasteiger partial charge in [-0.1, -0.05) is 32.7 Å². The number of likely N-dealkylation sites (tertiary alicyclic amines) is 1. The molecule has 26 heavy (non-hydrogen) atoms. The van der Waals surface area contributed by atoms with Crippen molar-refractivity contribution in [3.63, 3.8) is 0 Å². The Morgan fingerprint density at radius 2 is 1.77 bits per heavy atom. The summed E-state index contributed by atoms with van der Waals surface area (Å²) in [6, 6.07) is 10.7. The summed E-state index contributed by atoms with van der Waals surface area (Å²) in [6.45, 7) is 5.00. The summed E-state index contributed by atoms with van der Waals surface area (Å²) in [5, 5.41) is 12.1. The monoisotopic (exact) mass is 449 g/mol. The van der Waals surface area contributed by atoms with Gasteiger partial charge in [0.05, 0.1) is 0 Å². The number of aryl methyl sites for hydroxylation is 1. The minimum absolute atomic E-state index is 0.181. The van der Waals surface area contributed by atoms with Crippen LogP contribution in [0.3, 0.4) is 0 Å². The van der Waals surface area contributed by atoms with E-state index in [4.69, 9.17) is 18.6 Å². The van der Waals surface area contributed by atoms with E-state index in [-0.39, 0.29) is 5.82 Å². The predicted octanol–water partition coefficient (Wildman–Crippen LogP) is 4.83. The van der Waals surface area contributed by atoms with Gasteiger partial charge >= 0.3 is 35.6 Å². The van der Waals surface area contributed by atoms with E-state index in [9.17, 15) is 9.50 Å². The first-order valence-corrected chi connectivity index (χ1v) is 13.9. The van der Waals surface area contributed by atoms with E-state index in [0.717, 1.165) is 41.4 Å². The second kappa shape index (κ2) is 11.6. The van der Waals surface area contributed by atoms with Crippen LogP contribution in [0.5, 0.6) is 5.75 Å². The second-order valence-electron chi connectivity index (χ2n) is 6.36. The Morgan fingerprint density at radius 1 is 1.08 bits per heavy atom. The molecule has 3 rings (SSSR count). The van der Waals surface area contributed by atoms with Crippen molar-refractivity contribution in [1.29, 1.82) is 0 Å². The molecule has 0 aliphatic carbocycles. The molecular weight excluding hydrogens is 427 g/mol. The molecule has 1 atom stereocenters. The molecule has 1 heterocycles. The van der Waals surface area contributed by atoms with Gasteiger partial charge in [-0.2, -0.15) is 0 Å². The molecule has 2 aromatic carbocycles. The zero-order valence-corrected chi connectivity index (χ0v) is 18.8. The van der Waals surface area contributed by atoms with Gasteiger partial charge < -0.3 is 5.11 Å². The van der Waals surface area contributed by atoms with Crippen LogP contribution in [0.4, 0.5) is 4.39 Å². The summed E-state index contributed by atoms with van der Waals surface area (Å²) in [6.07, 6.45) is 3.75. The molecule has 1 aliphatic rings. The third-order valence-electron chi connectivity index (χ3n) is 4.33. The second-order valence-corrected chi connectivity index (χ2v) is 10.3. The average Bonchev–Trinajstić information content (AvgIpc) is 2.62. The van der Waals surface area contributed by atoms with Crippen LogP contribution in [0, 0.1) is 12.7 Å². The Morgan fingerprint density at radius 3 is 2.46 bits per heavy atom. The van der Waals surface area contributed by atoms with Crippen molar-refractivity contribution in [2.24, 2.45) is 0 Å². The number of benzene rings is 2. The Bertz CT molecular complexity index is 714. The third kappa shape index (κ3) is 7.11. The van der Waals surface area contributed by atoms with Gasteiger partial charge in [0.15, 0.2) is 0 Å². The fraction of sp³-hybridized carbons (Fsp3) is 0.368. The third-order valence-corrected chi connectivity index (χ3v) is 5.76. The van der Waals surface area contributed by atoms with Crippen LogP contribution in [-0.4, -0.2) is 23.1 Å². The van der Waals surface area contributed by atoms with E-state index < -0.39 is 17.0 Å². The van der Waals surface area contributed by atoms with Gasteiger partial charge in [-0.25, -0.2) is 4.39 Å². The van der Waals surface area contributed by atoms with E-state index in [2.05, 4.69) is 4.90 Å². The summed E-state index contributed by atoms with van der Waals surface area (Å²) in [4.78, 5) is 2.41. The first-order chi connectivity index (χ1) is 12.5. The number of phenols is 1. The fourth-order valence-electron chi connectivity index (χ4n) is 3.07. The van der Waals surface area contributed by atoms with Gasteiger partial charge in [-0.05, 0) is 68.0 Å². The number of nitrogens with zero attached hydrogens (tertiary/aromatic N) is 1. The number of piperidine rings is 1. The number of phenolic OH excluding ortho intramolecular Hbond substituents is 1. The van der Waals surface area contributed by atoms with E-state index >= 15 is 0 Å². The molecular formula is C19H23Cl2FNOPTi. The van der Waals surface area contributed by atoms with Crippen molar-refractivity contribution in [1.82, 2.24) is 4.90 Å². The Hall–Kier alpha value is -0.146. The summed E-state index contributed by atoms with van der Waals surface area (Å²) in [5.41, 5.74) is 2.18. The van der Waals surface area contributed by atoms with Crippen LogP contribution in [-0.2, 0) is 23.6 Å². The number of hydrogen-bond donors (Lipinski definition) is 1. The number of hydrogen-bond acceptors (Lipinski definition) is 2. The topological polar surface area (TPSA) is 23.5 Å². The molecule has 1 unspecified atom stereocenters. The van der Waals surface area contributed by atoms with Crippen LogP contribution >= 0.6 is 27.2 Å². The molecule has 0 amide bonds. The summed E-state index contributed by atoms with van der Waals surface area (Å²) < 4.78 is 13.7. The standard InChI is InChI=1S/C19H23FNOP.2ClH.Ti/c1-14-5-7-17(22)19(11-14)23-18-8-6-16(20)12-15(18)13-21-9-3-2-4-10-21;;;/h5-8,11-12,22-23H,2-4,9-10,13H2,1H3;2*1H;/q;;;+2/p-2. The Labute approximate surface area is 173 Å². The van der Waals surface area contributed by atoms with E-state index in [1.54, 1.807) is 12.1 Å². The molecule has 0 radical (unpaired) electrons. The first kappa shape index (κ1) is 22.1. The van der Waals surface area contributed by atoms with Gasteiger partial charge in [0, 0.05) is 11.8 Å². The van der Waals surface area contributed by atoms with Gasteiger partial charge in [0.25, 0.3) is 0 Å². The molecule has 1 aliphatic heterocycles. The van der Waals surface area contributed by atoms with Crippen LogP contribution in [0.1, 0.15) is 30.4 Å². The molecule has 0 bridgehead atoms. The Balaban J connectivity index is 0.000000758. The minimum atomic E-state index is -0.556. The van der Waals surface area contributed by atoms with Crippen molar-refractivity contribution in [2.45, 2.75) is 32.7 Å². The summed E-state index contributed by atoms with van der Waals surface area (Å²) in [7, 11) is 10.1. The van der Waals surface area contributed by atoms with Crippen LogP contribution in [0.15, 0.2) is 36.4 Å². The van der Waals surface area contributed by atoms with Crippen molar-refractivity contribution < 1.29 is 26.5 Å². The molecule has 1 N–H and O–H groups in total. The van der Waals surface area contributed by atoms with Crippen molar-refractivity contribution in [2.75, 3.05) is 13.1 Å². The summed E-state index contributed by atoms with van der Waals surface area (Å²) in [5.74, 6) is 0.140. The predicted molar refractivity (Wildman–Crippen MR) is 108 cm³/mol. The van der Waals surface area contributed by atoms with Gasteiger partial charge in [-0.3, -0.25) is 4.90 Å².